The minimum absolute atomic E-state index is 0.161. The van der Waals surface area contributed by atoms with E-state index in [2.05, 4.69) is 5.32 Å². The molecule has 1 aromatic rings. The Morgan fingerprint density at radius 1 is 1.21 bits per heavy atom. The number of hydrogen-bond acceptors (Lipinski definition) is 4. The Kier molecular flexibility index (Phi) is 7.69. The number of rotatable bonds is 9. The molecule has 6 nitrogen and oxygen atoms in total. The van der Waals surface area contributed by atoms with Crippen LogP contribution < -0.4 is 9.62 Å². The molecule has 0 aromatic heterocycles. The van der Waals surface area contributed by atoms with Crippen LogP contribution in [0, 0.1) is 0 Å². The van der Waals surface area contributed by atoms with E-state index in [1.54, 1.807) is 12.1 Å². The quantitative estimate of drug-likeness (QED) is 0.684. The summed E-state index contributed by atoms with van der Waals surface area (Å²) in [5, 5.41) is 2.79. The van der Waals surface area contributed by atoms with Gasteiger partial charge in [0.2, 0.25) is 15.9 Å². The normalized spacial score (nSPS) is 11.8. The average Bonchev–Trinajstić information content (AvgIpc) is 2.48. The molecule has 0 fully saturated rings. The number of para-hydroxylation sites is 1. The first-order valence-corrected chi connectivity index (χ1v) is 9.95. The largest absolute Gasteiger partial charge is 0.354 e. The lowest BCUT2D eigenvalue weighted by Crippen LogP contribution is -2.41. The van der Waals surface area contributed by atoms with Gasteiger partial charge in [0.05, 0.1) is 11.9 Å². The summed E-state index contributed by atoms with van der Waals surface area (Å²) in [4.78, 5) is 14.2. The molecule has 0 saturated heterocycles. The number of nitrogens with zero attached hydrogens (tertiary/aromatic N) is 2. The molecule has 0 radical (unpaired) electrons. The second-order valence-corrected chi connectivity index (χ2v) is 8.40. The van der Waals surface area contributed by atoms with E-state index in [1.165, 1.54) is 4.31 Å². The number of nitrogens with one attached hydrogen (secondary N) is 1. The van der Waals surface area contributed by atoms with Crippen LogP contribution in [0.2, 0.25) is 0 Å². The summed E-state index contributed by atoms with van der Waals surface area (Å²) < 4.78 is 25.6. The van der Waals surface area contributed by atoms with E-state index in [9.17, 15) is 13.2 Å². The van der Waals surface area contributed by atoms with Gasteiger partial charge in [0.25, 0.3) is 0 Å². The summed E-state index contributed by atoms with van der Waals surface area (Å²) >= 11 is 0. The molecule has 0 spiro atoms. The third-order valence-electron chi connectivity index (χ3n) is 3.62. The van der Waals surface area contributed by atoms with Crippen LogP contribution in [0.1, 0.15) is 31.7 Å². The van der Waals surface area contributed by atoms with Crippen molar-refractivity contribution in [2.75, 3.05) is 44.3 Å². The van der Waals surface area contributed by atoms with Crippen molar-refractivity contribution in [1.29, 1.82) is 0 Å². The van der Waals surface area contributed by atoms with Gasteiger partial charge in [-0.3, -0.25) is 9.10 Å². The predicted octanol–water partition coefficient (Wildman–Crippen LogP) is 1.64. The summed E-state index contributed by atoms with van der Waals surface area (Å²) in [5.74, 6) is -0.133. The van der Waals surface area contributed by atoms with Gasteiger partial charge in [0, 0.05) is 6.54 Å². The zero-order valence-electron chi connectivity index (χ0n) is 15.2. The fourth-order valence-corrected chi connectivity index (χ4v) is 3.27. The number of carbonyl (C=O) groups excluding carboxylic acids is 1. The van der Waals surface area contributed by atoms with Gasteiger partial charge in [0.1, 0.15) is 6.54 Å². The Hall–Kier alpha value is -1.60. The first kappa shape index (κ1) is 20.4. The molecule has 1 aromatic carbocycles. The number of carbonyl (C=O) groups is 1. The van der Waals surface area contributed by atoms with Crippen LogP contribution in [-0.2, 0) is 14.8 Å². The molecule has 0 atom stereocenters. The van der Waals surface area contributed by atoms with E-state index in [0.717, 1.165) is 24.8 Å². The maximum atomic E-state index is 12.2. The zero-order valence-corrected chi connectivity index (χ0v) is 16.1. The molecule has 0 aliphatic heterocycles. The summed E-state index contributed by atoms with van der Waals surface area (Å²) in [5.41, 5.74) is 1.47. The van der Waals surface area contributed by atoms with E-state index in [0.29, 0.717) is 12.2 Å². The lowest BCUT2D eigenvalue weighted by atomic mass is 10.0. The van der Waals surface area contributed by atoms with Gasteiger partial charge in [-0.25, -0.2) is 8.42 Å². The Bertz CT molecular complexity index is 642. The van der Waals surface area contributed by atoms with Crippen LogP contribution in [0.4, 0.5) is 5.69 Å². The van der Waals surface area contributed by atoms with Gasteiger partial charge in [-0.05, 0) is 44.6 Å². The standard InChI is InChI=1S/C17H29N3O3S/c1-14(2)15-9-6-7-10-16(15)20(24(5,22)23)13-17(21)18-11-8-12-19(3)4/h6-7,9-10,14H,8,11-13H2,1-5H3,(H,18,21). The Morgan fingerprint density at radius 2 is 1.83 bits per heavy atom. The van der Waals surface area contributed by atoms with Crippen molar-refractivity contribution in [3.63, 3.8) is 0 Å². The van der Waals surface area contributed by atoms with Crippen molar-refractivity contribution in [1.82, 2.24) is 10.2 Å². The highest BCUT2D eigenvalue weighted by molar-refractivity contribution is 7.92. The average molecular weight is 356 g/mol. The molecule has 0 aliphatic rings. The van der Waals surface area contributed by atoms with Gasteiger partial charge < -0.3 is 10.2 Å². The van der Waals surface area contributed by atoms with Gasteiger partial charge >= 0.3 is 0 Å². The first-order chi connectivity index (χ1) is 11.1. The Balaban J connectivity index is 2.87. The third kappa shape index (κ3) is 6.49. The molecule has 7 heteroatoms. The molecule has 1 amide bonds. The van der Waals surface area contributed by atoms with Gasteiger partial charge in [-0.15, -0.1) is 0 Å². The smallest absolute Gasteiger partial charge is 0.240 e. The van der Waals surface area contributed by atoms with E-state index < -0.39 is 10.0 Å². The second-order valence-electron chi connectivity index (χ2n) is 6.49. The summed E-state index contributed by atoms with van der Waals surface area (Å²) in [7, 11) is 0.388. The number of sulfonamides is 1. The highest BCUT2D eigenvalue weighted by atomic mass is 32.2. The number of anilines is 1. The highest BCUT2D eigenvalue weighted by Gasteiger charge is 2.23. The van der Waals surface area contributed by atoms with E-state index in [1.807, 2.05) is 45.0 Å². The van der Waals surface area contributed by atoms with Crippen molar-refractivity contribution in [2.24, 2.45) is 0 Å². The molecule has 1 rings (SSSR count). The van der Waals surface area contributed by atoms with Gasteiger partial charge in [-0.1, -0.05) is 32.0 Å². The molecule has 0 unspecified atom stereocenters. The summed E-state index contributed by atoms with van der Waals surface area (Å²) in [6.07, 6.45) is 1.95. The van der Waals surface area contributed by atoms with Crippen LogP contribution >= 0.6 is 0 Å². The fourth-order valence-electron chi connectivity index (χ4n) is 2.39. The van der Waals surface area contributed by atoms with Gasteiger partial charge in [0.15, 0.2) is 0 Å². The molecule has 0 aliphatic carbocycles. The molecule has 0 saturated carbocycles. The van der Waals surface area contributed by atoms with Crippen LogP contribution in [0.25, 0.3) is 0 Å². The van der Waals surface area contributed by atoms with E-state index >= 15 is 0 Å². The highest BCUT2D eigenvalue weighted by Crippen LogP contribution is 2.28. The van der Waals surface area contributed by atoms with Crippen molar-refractivity contribution in [3.8, 4) is 0 Å². The predicted molar refractivity (Wildman–Crippen MR) is 98.9 cm³/mol. The summed E-state index contributed by atoms with van der Waals surface area (Å²) in [6, 6.07) is 7.30. The van der Waals surface area contributed by atoms with E-state index in [-0.39, 0.29) is 18.4 Å². The van der Waals surface area contributed by atoms with Gasteiger partial charge in [-0.2, -0.15) is 0 Å². The topological polar surface area (TPSA) is 69.7 Å². The minimum Gasteiger partial charge on any atom is -0.354 e. The molecular formula is C17H29N3O3S. The number of hydrogen-bond donors (Lipinski definition) is 1. The molecular weight excluding hydrogens is 326 g/mol. The van der Waals surface area contributed by atoms with Crippen molar-refractivity contribution in [3.05, 3.63) is 29.8 Å². The van der Waals surface area contributed by atoms with Crippen LogP contribution in [-0.4, -0.2) is 59.2 Å². The van der Waals surface area contributed by atoms with Crippen LogP contribution in [0.15, 0.2) is 24.3 Å². The fraction of sp³-hybridized carbons (Fsp3) is 0.588. The molecule has 1 N–H and O–H groups in total. The van der Waals surface area contributed by atoms with Crippen molar-refractivity contribution < 1.29 is 13.2 Å². The zero-order chi connectivity index (χ0) is 18.3. The Morgan fingerprint density at radius 3 is 2.38 bits per heavy atom. The number of benzene rings is 1. The van der Waals surface area contributed by atoms with Crippen molar-refractivity contribution >= 4 is 21.6 Å². The van der Waals surface area contributed by atoms with Crippen LogP contribution in [0.3, 0.4) is 0 Å². The third-order valence-corrected chi connectivity index (χ3v) is 4.75. The SMILES string of the molecule is CC(C)c1ccccc1N(CC(=O)NCCCN(C)C)S(C)(=O)=O. The second kappa shape index (κ2) is 9.03. The Labute approximate surface area is 145 Å². The van der Waals surface area contributed by atoms with Crippen LogP contribution in [0.5, 0.6) is 0 Å². The monoisotopic (exact) mass is 355 g/mol. The molecule has 24 heavy (non-hydrogen) atoms. The van der Waals surface area contributed by atoms with Crippen molar-refractivity contribution in [2.45, 2.75) is 26.2 Å². The minimum atomic E-state index is -3.55. The first-order valence-electron chi connectivity index (χ1n) is 8.11. The lowest BCUT2D eigenvalue weighted by Gasteiger charge is -2.25. The maximum absolute atomic E-state index is 12.2. The molecule has 0 heterocycles. The molecule has 136 valence electrons. The molecule has 0 bridgehead atoms. The maximum Gasteiger partial charge on any atom is 0.240 e. The van der Waals surface area contributed by atoms with E-state index in [4.69, 9.17) is 0 Å². The summed E-state index contributed by atoms with van der Waals surface area (Å²) in [6.45, 7) is 5.19. The number of amides is 1. The lowest BCUT2D eigenvalue weighted by molar-refractivity contribution is -0.119.